The Kier molecular flexibility index (Phi) is 8.33. The molecule has 9 nitrogen and oxygen atoms in total. The van der Waals surface area contributed by atoms with Crippen LogP contribution < -0.4 is 5.32 Å². The number of H-pyrrole nitrogens is 1. The lowest BCUT2D eigenvalue weighted by atomic mass is 9.86. The number of pyridine rings is 1. The maximum atomic E-state index is 13.2. The number of imidazole rings is 1. The lowest BCUT2D eigenvalue weighted by molar-refractivity contribution is -0.122. The highest BCUT2D eigenvalue weighted by atomic mass is 35.5. The number of rotatable bonds is 9. The summed E-state index contributed by atoms with van der Waals surface area (Å²) in [7, 11) is -2.04. The summed E-state index contributed by atoms with van der Waals surface area (Å²) in [6.45, 7) is 6.55. The third-order valence-electron chi connectivity index (χ3n) is 6.14. The van der Waals surface area contributed by atoms with Gasteiger partial charge in [-0.3, -0.25) is 4.79 Å². The Morgan fingerprint density at radius 3 is 2.76 bits per heavy atom. The predicted molar refractivity (Wildman–Crippen MR) is 127 cm³/mol. The molecular weight excluding hydrogens is 485 g/mol. The van der Waals surface area contributed by atoms with Crippen molar-refractivity contribution in [3.05, 3.63) is 35.0 Å². The van der Waals surface area contributed by atoms with E-state index in [9.17, 15) is 17.6 Å². The first-order chi connectivity index (χ1) is 15.9. The molecule has 34 heavy (non-hydrogen) atoms. The first-order valence-electron chi connectivity index (χ1n) is 11.1. The molecule has 0 saturated carbocycles. The number of hydrogen-bond acceptors (Lipinski definition) is 6. The molecule has 3 heterocycles. The standard InChI is InChI=1S/C22H31ClFN5O4S/c1-14-12-29(34(31,32)10-8-18(30)26-13-22(2,3)33-4)9-7-16(14)19-20(23)28-21(27-19)17-6-5-15(24)11-25-17/h5-6,11,14,16H,7-10,12-13H2,1-4H3,(H,26,30)(H,27,28)/t14-,16+/m0/s1. The summed E-state index contributed by atoms with van der Waals surface area (Å²) in [6.07, 6.45) is 1.54. The number of hydrogen-bond donors (Lipinski definition) is 2. The maximum Gasteiger partial charge on any atom is 0.221 e. The summed E-state index contributed by atoms with van der Waals surface area (Å²) in [5, 5.41) is 3.01. The van der Waals surface area contributed by atoms with Gasteiger partial charge in [-0.1, -0.05) is 18.5 Å². The summed E-state index contributed by atoms with van der Waals surface area (Å²) in [6, 6.07) is 2.81. The van der Waals surface area contributed by atoms with E-state index < -0.39 is 21.4 Å². The molecule has 12 heteroatoms. The van der Waals surface area contributed by atoms with Crippen LogP contribution in [0.3, 0.4) is 0 Å². The van der Waals surface area contributed by atoms with E-state index in [0.29, 0.717) is 48.4 Å². The number of aromatic amines is 1. The van der Waals surface area contributed by atoms with E-state index in [1.165, 1.54) is 16.4 Å². The summed E-state index contributed by atoms with van der Waals surface area (Å²) < 4.78 is 45.6. The van der Waals surface area contributed by atoms with Crippen molar-refractivity contribution >= 4 is 27.5 Å². The number of halogens is 2. The number of carbonyl (C=O) groups is 1. The first-order valence-corrected chi connectivity index (χ1v) is 13.1. The van der Waals surface area contributed by atoms with Crippen LogP contribution in [0.5, 0.6) is 0 Å². The number of methoxy groups -OCH3 is 1. The van der Waals surface area contributed by atoms with Gasteiger partial charge in [0.2, 0.25) is 15.9 Å². The van der Waals surface area contributed by atoms with Crippen LogP contribution in [0.25, 0.3) is 11.5 Å². The monoisotopic (exact) mass is 515 g/mol. The number of ether oxygens (including phenoxy) is 1. The minimum absolute atomic E-state index is 0.0276. The molecule has 1 amide bonds. The van der Waals surface area contributed by atoms with Crippen molar-refractivity contribution < 1.29 is 22.3 Å². The minimum Gasteiger partial charge on any atom is -0.377 e. The molecule has 0 spiro atoms. The zero-order chi connectivity index (χ0) is 25.1. The molecule has 1 aliphatic heterocycles. The number of nitrogens with zero attached hydrogens (tertiary/aromatic N) is 3. The Morgan fingerprint density at radius 2 is 2.15 bits per heavy atom. The summed E-state index contributed by atoms with van der Waals surface area (Å²) >= 11 is 6.38. The van der Waals surface area contributed by atoms with Crippen LogP contribution in [0.4, 0.5) is 4.39 Å². The topological polar surface area (TPSA) is 117 Å². The Labute approximate surface area is 204 Å². The van der Waals surface area contributed by atoms with Crippen molar-refractivity contribution in [2.45, 2.75) is 45.1 Å². The van der Waals surface area contributed by atoms with Crippen LogP contribution in [-0.2, 0) is 19.6 Å². The highest BCUT2D eigenvalue weighted by molar-refractivity contribution is 7.89. The zero-order valence-electron chi connectivity index (χ0n) is 19.8. The average molecular weight is 516 g/mol. The van der Waals surface area contributed by atoms with Crippen LogP contribution in [0.15, 0.2) is 18.3 Å². The fourth-order valence-corrected chi connectivity index (χ4v) is 5.68. The molecule has 1 saturated heterocycles. The van der Waals surface area contributed by atoms with Gasteiger partial charge in [0.05, 0.1) is 23.2 Å². The molecule has 0 radical (unpaired) electrons. The average Bonchev–Trinajstić information content (AvgIpc) is 3.18. The van der Waals surface area contributed by atoms with E-state index >= 15 is 0 Å². The molecule has 1 aliphatic rings. The third kappa shape index (κ3) is 6.53. The van der Waals surface area contributed by atoms with Crippen LogP contribution in [0.2, 0.25) is 5.15 Å². The summed E-state index contributed by atoms with van der Waals surface area (Å²) in [4.78, 5) is 23.6. The van der Waals surface area contributed by atoms with Crippen molar-refractivity contribution in [2.75, 3.05) is 32.5 Å². The van der Waals surface area contributed by atoms with Crippen LogP contribution in [0.1, 0.15) is 45.2 Å². The molecule has 2 aromatic rings. The van der Waals surface area contributed by atoms with Gasteiger partial charge in [-0.15, -0.1) is 0 Å². The Morgan fingerprint density at radius 1 is 1.41 bits per heavy atom. The van der Waals surface area contributed by atoms with E-state index in [2.05, 4.69) is 20.3 Å². The number of amides is 1. The second kappa shape index (κ2) is 10.7. The van der Waals surface area contributed by atoms with E-state index in [-0.39, 0.29) is 29.9 Å². The van der Waals surface area contributed by atoms with Crippen LogP contribution in [0, 0.1) is 11.7 Å². The molecule has 0 aliphatic carbocycles. The number of carbonyl (C=O) groups excluding carboxylic acids is 1. The summed E-state index contributed by atoms with van der Waals surface area (Å²) in [5.41, 5.74) is 0.661. The molecule has 0 unspecified atom stereocenters. The SMILES string of the molecule is COC(C)(C)CNC(=O)CCS(=O)(=O)N1CC[C@@H](c2[nH]c(-c3ccc(F)cn3)nc2Cl)[C@@H](C)C1. The summed E-state index contributed by atoms with van der Waals surface area (Å²) in [5.74, 6) is -0.658. The smallest absolute Gasteiger partial charge is 0.221 e. The first kappa shape index (κ1) is 26.5. The van der Waals surface area contributed by atoms with Gasteiger partial charge in [0.15, 0.2) is 11.0 Å². The zero-order valence-corrected chi connectivity index (χ0v) is 21.3. The van der Waals surface area contributed by atoms with Crippen molar-refractivity contribution in [2.24, 2.45) is 5.92 Å². The number of sulfonamides is 1. The quantitative estimate of drug-likeness (QED) is 0.530. The van der Waals surface area contributed by atoms with Gasteiger partial charge in [0, 0.05) is 39.1 Å². The highest BCUT2D eigenvalue weighted by Gasteiger charge is 2.35. The molecule has 188 valence electrons. The largest absolute Gasteiger partial charge is 0.377 e. The van der Waals surface area contributed by atoms with E-state index in [4.69, 9.17) is 16.3 Å². The molecule has 0 aromatic carbocycles. The van der Waals surface area contributed by atoms with Crippen molar-refractivity contribution in [3.8, 4) is 11.5 Å². The molecule has 2 N–H and O–H groups in total. The molecule has 2 aromatic heterocycles. The maximum absolute atomic E-state index is 13.2. The number of nitrogens with one attached hydrogen (secondary N) is 2. The molecular formula is C22H31ClFN5O4S. The van der Waals surface area contributed by atoms with Crippen molar-refractivity contribution in [1.82, 2.24) is 24.6 Å². The van der Waals surface area contributed by atoms with Gasteiger partial charge in [-0.25, -0.2) is 27.1 Å². The Bertz CT molecular complexity index is 1110. The van der Waals surface area contributed by atoms with Gasteiger partial charge < -0.3 is 15.0 Å². The van der Waals surface area contributed by atoms with E-state index in [1.807, 2.05) is 20.8 Å². The lowest BCUT2D eigenvalue weighted by Crippen LogP contribution is -2.44. The molecule has 2 atom stereocenters. The second-order valence-corrected chi connectivity index (χ2v) is 11.6. The number of aromatic nitrogens is 3. The van der Waals surface area contributed by atoms with E-state index in [1.54, 1.807) is 7.11 Å². The molecule has 0 bridgehead atoms. The Hall–Kier alpha value is -2.08. The van der Waals surface area contributed by atoms with E-state index in [0.717, 1.165) is 6.20 Å². The molecule has 3 rings (SSSR count). The van der Waals surface area contributed by atoms with Crippen molar-refractivity contribution in [3.63, 3.8) is 0 Å². The number of piperidine rings is 1. The second-order valence-electron chi connectivity index (χ2n) is 9.19. The molecule has 1 fully saturated rings. The van der Waals surface area contributed by atoms with Crippen LogP contribution >= 0.6 is 11.6 Å². The van der Waals surface area contributed by atoms with Gasteiger partial charge in [-0.2, -0.15) is 0 Å². The highest BCUT2D eigenvalue weighted by Crippen LogP contribution is 2.37. The predicted octanol–water partition coefficient (Wildman–Crippen LogP) is 2.95. The van der Waals surface area contributed by atoms with Gasteiger partial charge in [0.25, 0.3) is 0 Å². The third-order valence-corrected chi connectivity index (χ3v) is 8.27. The van der Waals surface area contributed by atoms with Gasteiger partial charge in [0.1, 0.15) is 11.5 Å². The minimum atomic E-state index is -3.59. The van der Waals surface area contributed by atoms with Crippen molar-refractivity contribution in [1.29, 1.82) is 0 Å². The van der Waals surface area contributed by atoms with Crippen LogP contribution in [-0.4, -0.2) is 71.7 Å². The van der Waals surface area contributed by atoms with Gasteiger partial charge in [-0.05, 0) is 38.3 Å². The fourth-order valence-electron chi connectivity index (χ4n) is 3.86. The van der Waals surface area contributed by atoms with Gasteiger partial charge >= 0.3 is 0 Å². The fraction of sp³-hybridized carbons (Fsp3) is 0.591. The normalized spacial score (nSPS) is 19.8. The Balaban J connectivity index is 1.59. The lowest BCUT2D eigenvalue weighted by Gasteiger charge is -2.35.